The Morgan fingerprint density at radius 3 is 2.46 bits per heavy atom. The van der Waals surface area contributed by atoms with E-state index in [-0.39, 0.29) is 29.9 Å². The van der Waals surface area contributed by atoms with Gasteiger partial charge in [0.25, 0.3) is 17.1 Å². The molecule has 2 fully saturated rings. The fourth-order valence-corrected chi connectivity index (χ4v) is 4.71. The van der Waals surface area contributed by atoms with Gasteiger partial charge >= 0.3 is 0 Å². The molecule has 4 amide bonds. The fraction of sp³-hybridized carbons (Fsp3) is 0.308. The number of carbonyl (C=O) groups excluding carboxylic acids is 4. The Bertz CT molecular complexity index is 1160. The summed E-state index contributed by atoms with van der Waals surface area (Å²) < 4.78 is 5.55. The number of aryl methyl sites for hydroxylation is 1. The molecule has 0 unspecified atom stereocenters. The predicted octanol–water partition coefficient (Wildman–Crippen LogP) is 4.06. The molecule has 2 aromatic carbocycles. The van der Waals surface area contributed by atoms with Crippen molar-refractivity contribution in [2.24, 2.45) is 0 Å². The van der Waals surface area contributed by atoms with Crippen molar-refractivity contribution in [1.82, 2.24) is 9.80 Å². The highest BCUT2D eigenvalue weighted by molar-refractivity contribution is 8.18. The standard InChI is InChI=1S/C26H27N3O5S/c1-18-7-3-4-8-21(18)27-23(30)17-34-20-11-9-19(10-12-20)15-22-25(32)29(26(33)35-22)16-24(31)28-13-5-2-6-14-28/h3-4,7-12,15H,2,5-6,13-14,16-17H2,1H3,(H,27,30)/b22-15-. The lowest BCUT2D eigenvalue weighted by molar-refractivity contribution is -0.136. The molecule has 4 rings (SSSR count). The number of piperidine rings is 1. The van der Waals surface area contributed by atoms with Gasteiger partial charge in [-0.05, 0) is 73.4 Å². The van der Waals surface area contributed by atoms with Crippen LogP contribution in [0.2, 0.25) is 0 Å². The topological polar surface area (TPSA) is 96.0 Å². The molecular formula is C26H27N3O5S. The Kier molecular flexibility index (Phi) is 7.87. The summed E-state index contributed by atoms with van der Waals surface area (Å²) in [6.45, 7) is 2.90. The van der Waals surface area contributed by atoms with Gasteiger partial charge in [-0.25, -0.2) is 0 Å². The van der Waals surface area contributed by atoms with Gasteiger partial charge in [-0.15, -0.1) is 0 Å². The second kappa shape index (κ2) is 11.2. The lowest BCUT2D eigenvalue weighted by atomic mass is 10.1. The van der Waals surface area contributed by atoms with E-state index in [9.17, 15) is 19.2 Å². The Hall–Kier alpha value is -3.59. The van der Waals surface area contributed by atoms with Crippen molar-refractivity contribution < 1.29 is 23.9 Å². The average Bonchev–Trinajstić information content (AvgIpc) is 3.12. The molecule has 0 aliphatic carbocycles. The van der Waals surface area contributed by atoms with Gasteiger partial charge in [-0.1, -0.05) is 30.3 Å². The molecule has 0 bridgehead atoms. The van der Waals surface area contributed by atoms with Crippen LogP contribution in [0.4, 0.5) is 10.5 Å². The monoisotopic (exact) mass is 493 g/mol. The SMILES string of the molecule is Cc1ccccc1NC(=O)COc1ccc(/C=C2\SC(=O)N(CC(=O)N3CCCCC3)C2=O)cc1. The van der Waals surface area contributed by atoms with Crippen LogP contribution in [0.25, 0.3) is 6.08 Å². The van der Waals surface area contributed by atoms with E-state index >= 15 is 0 Å². The second-order valence-corrected chi connectivity index (χ2v) is 9.42. The lowest BCUT2D eigenvalue weighted by Gasteiger charge is -2.27. The average molecular weight is 494 g/mol. The third-order valence-corrected chi connectivity index (χ3v) is 6.75. The van der Waals surface area contributed by atoms with E-state index in [1.165, 1.54) is 0 Å². The number of carbonyl (C=O) groups is 4. The Labute approximate surface area is 208 Å². The van der Waals surface area contributed by atoms with Crippen LogP contribution >= 0.6 is 11.8 Å². The van der Waals surface area contributed by atoms with Gasteiger partial charge in [-0.2, -0.15) is 0 Å². The van der Waals surface area contributed by atoms with Crippen LogP contribution in [0.3, 0.4) is 0 Å². The number of hydrogen-bond donors (Lipinski definition) is 1. The van der Waals surface area contributed by atoms with E-state index in [2.05, 4.69) is 5.32 Å². The summed E-state index contributed by atoms with van der Waals surface area (Å²) in [5.74, 6) is -0.418. The van der Waals surface area contributed by atoms with E-state index in [1.807, 2.05) is 31.2 Å². The van der Waals surface area contributed by atoms with Crippen molar-refractivity contribution >= 4 is 46.5 Å². The molecule has 2 aromatic rings. The van der Waals surface area contributed by atoms with E-state index in [1.54, 1.807) is 35.2 Å². The van der Waals surface area contributed by atoms with Gasteiger partial charge in [-0.3, -0.25) is 24.1 Å². The van der Waals surface area contributed by atoms with Crippen molar-refractivity contribution in [2.75, 3.05) is 31.6 Å². The zero-order valence-electron chi connectivity index (χ0n) is 19.5. The highest BCUT2D eigenvalue weighted by Gasteiger charge is 2.37. The first-order valence-corrected chi connectivity index (χ1v) is 12.3. The smallest absolute Gasteiger partial charge is 0.294 e. The number of imide groups is 1. The van der Waals surface area contributed by atoms with Gasteiger partial charge in [0.15, 0.2) is 6.61 Å². The summed E-state index contributed by atoms with van der Waals surface area (Å²) >= 11 is 0.829. The van der Waals surface area contributed by atoms with Crippen molar-refractivity contribution in [3.05, 3.63) is 64.6 Å². The van der Waals surface area contributed by atoms with Crippen LogP contribution in [0.1, 0.15) is 30.4 Å². The van der Waals surface area contributed by atoms with Crippen LogP contribution in [0, 0.1) is 6.92 Å². The van der Waals surface area contributed by atoms with E-state index in [0.717, 1.165) is 47.2 Å². The highest BCUT2D eigenvalue weighted by atomic mass is 32.2. The lowest BCUT2D eigenvalue weighted by Crippen LogP contribution is -2.44. The van der Waals surface area contributed by atoms with Crippen molar-refractivity contribution in [3.8, 4) is 5.75 Å². The number of nitrogens with zero attached hydrogens (tertiary/aromatic N) is 2. The van der Waals surface area contributed by atoms with Crippen molar-refractivity contribution in [3.63, 3.8) is 0 Å². The fourth-order valence-electron chi connectivity index (χ4n) is 3.87. The Morgan fingerprint density at radius 1 is 1.03 bits per heavy atom. The zero-order chi connectivity index (χ0) is 24.8. The summed E-state index contributed by atoms with van der Waals surface area (Å²) in [4.78, 5) is 52.7. The van der Waals surface area contributed by atoms with Crippen LogP contribution in [-0.2, 0) is 14.4 Å². The molecule has 0 radical (unpaired) electrons. The van der Waals surface area contributed by atoms with Gasteiger partial charge in [0.1, 0.15) is 12.3 Å². The van der Waals surface area contributed by atoms with E-state index in [4.69, 9.17) is 4.74 Å². The van der Waals surface area contributed by atoms with Crippen molar-refractivity contribution in [1.29, 1.82) is 0 Å². The van der Waals surface area contributed by atoms with Gasteiger partial charge < -0.3 is 15.0 Å². The van der Waals surface area contributed by atoms with Crippen LogP contribution in [-0.4, -0.2) is 59.0 Å². The number of likely N-dealkylation sites (tertiary alicyclic amines) is 1. The van der Waals surface area contributed by atoms with Crippen LogP contribution in [0.5, 0.6) is 5.75 Å². The first kappa shape index (κ1) is 24.5. The Morgan fingerprint density at radius 2 is 1.74 bits per heavy atom. The molecule has 2 saturated heterocycles. The minimum absolute atomic E-state index is 0.141. The number of nitrogens with one attached hydrogen (secondary N) is 1. The predicted molar refractivity (Wildman–Crippen MR) is 135 cm³/mol. The number of anilines is 1. The van der Waals surface area contributed by atoms with Gasteiger partial charge in [0.2, 0.25) is 5.91 Å². The third kappa shape index (κ3) is 6.30. The summed E-state index contributed by atoms with van der Waals surface area (Å²) in [7, 11) is 0. The molecule has 182 valence electrons. The summed E-state index contributed by atoms with van der Waals surface area (Å²) in [5.41, 5.74) is 2.41. The van der Waals surface area contributed by atoms with Crippen LogP contribution < -0.4 is 10.1 Å². The maximum absolute atomic E-state index is 12.7. The summed E-state index contributed by atoms with van der Waals surface area (Å²) in [5, 5.41) is 2.37. The molecule has 0 aromatic heterocycles. The van der Waals surface area contributed by atoms with E-state index < -0.39 is 11.1 Å². The molecule has 2 aliphatic rings. The molecule has 0 spiro atoms. The number of benzene rings is 2. The maximum Gasteiger partial charge on any atom is 0.294 e. The van der Waals surface area contributed by atoms with Crippen LogP contribution in [0.15, 0.2) is 53.4 Å². The second-order valence-electron chi connectivity index (χ2n) is 8.43. The molecule has 0 atom stereocenters. The molecule has 2 aliphatic heterocycles. The number of hydrogen-bond acceptors (Lipinski definition) is 6. The maximum atomic E-state index is 12.7. The first-order valence-electron chi connectivity index (χ1n) is 11.5. The zero-order valence-corrected chi connectivity index (χ0v) is 20.3. The van der Waals surface area contributed by atoms with Gasteiger partial charge in [0.05, 0.1) is 4.91 Å². The number of amides is 4. The largest absolute Gasteiger partial charge is 0.484 e. The number of para-hydroxylation sites is 1. The minimum atomic E-state index is -0.460. The molecule has 8 nitrogen and oxygen atoms in total. The Balaban J connectivity index is 1.31. The molecule has 2 heterocycles. The molecule has 0 saturated carbocycles. The highest BCUT2D eigenvalue weighted by Crippen LogP contribution is 2.32. The molecule has 35 heavy (non-hydrogen) atoms. The normalized spacial score (nSPS) is 17.1. The number of ether oxygens (including phenoxy) is 1. The van der Waals surface area contributed by atoms with Crippen molar-refractivity contribution in [2.45, 2.75) is 26.2 Å². The molecule has 1 N–H and O–H groups in total. The number of thioether (sulfide) groups is 1. The summed E-state index contributed by atoms with van der Waals surface area (Å²) in [6, 6.07) is 14.3. The van der Waals surface area contributed by atoms with Gasteiger partial charge in [0, 0.05) is 18.8 Å². The number of rotatable bonds is 7. The third-order valence-electron chi connectivity index (χ3n) is 5.84. The minimum Gasteiger partial charge on any atom is -0.484 e. The molecular weight excluding hydrogens is 466 g/mol. The summed E-state index contributed by atoms with van der Waals surface area (Å²) in [6.07, 6.45) is 4.61. The van der Waals surface area contributed by atoms with E-state index in [0.29, 0.717) is 24.4 Å². The quantitative estimate of drug-likeness (QED) is 0.585. The molecule has 9 heteroatoms. The first-order chi connectivity index (χ1) is 16.9.